The number of aryl methyl sites for hydroxylation is 1. The maximum atomic E-state index is 12.9. The van der Waals surface area contributed by atoms with E-state index in [0.29, 0.717) is 11.8 Å². The summed E-state index contributed by atoms with van der Waals surface area (Å²) in [6, 6.07) is 5.37. The Morgan fingerprint density at radius 3 is 2.85 bits per heavy atom. The first-order valence-electron chi connectivity index (χ1n) is 4.68. The first-order chi connectivity index (χ1) is 6.22. The lowest BCUT2D eigenvalue weighted by Crippen LogP contribution is -2.02. The topological polar surface area (TPSA) is 26.0 Å². The van der Waals surface area contributed by atoms with Crippen LogP contribution in [0.1, 0.15) is 23.5 Å². The summed E-state index contributed by atoms with van der Waals surface area (Å²) in [4.78, 5) is 0. The van der Waals surface area contributed by atoms with E-state index in [4.69, 9.17) is 5.73 Å². The molecule has 1 aliphatic rings. The summed E-state index contributed by atoms with van der Waals surface area (Å²) >= 11 is 0. The zero-order chi connectivity index (χ0) is 9.42. The fourth-order valence-electron chi connectivity index (χ4n) is 1.81. The molecule has 0 aromatic heterocycles. The van der Waals surface area contributed by atoms with Crippen LogP contribution < -0.4 is 5.73 Å². The average Bonchev–Trinajstić information content (AvgIpc) is 2.88. The zero-order valence-electron chi connectivity index (χ0n) is 7.76. The summed E-state index contributed by atoms with van der Waals surface area (Å²) < 4.78 is 12.9. The molecule has 0 radical (unpaired) electrons. The molecule has 0 heterocycles. The van der Waals surface area contributed by atoms with Gasteiger partial charge in [0, 0.05) is 0 Å². The van der Waals surface area contributed by atoms with Gasteiger partial charge >= 0.3 is 0 Å². The molecular formula is C11H14FN. The van der Waals surface area contributed by atoms with Crippen molar-refractivity contribution in [3.05, 3.63) is 35.1 Å². The molecule has 1 aliphatic carbocycles. The van der Waals surface area contributed by atoms with Gasteiger partial charge in [-0.1, -0.05) is 12.1 Å². The molecule has 0 aliphatic heterocycles. The van der Waals surface area contributed by atoms with Crippen LogP contribution in [0.4, 0.5) is 4.39 Å². The third-order valence-electron chi connectivity index (χ3n) is 2.84. The molecule has 2 N–H and O–H groups in total. The Morgan fingerprint density at radius 1 is 1.54 bits per heavy atom. The number of rotatable bonds is 2. The van der Waals surface area contributed by atoms with Crippen LogP contribution in [0.3, 0.4) is 0 Å². The van der Waals surface area contributed by atoms with Crippen LogP contribution in [-0.2, 0) is 0 Å². The molecule has 0 bridgehead atoms. The van der Waals surface area contributed by atoms with Gasteiger partial charge in [0.2, 0.25) is 0 Å². The third-order valence-corrected chi connectivity index (χ3v) is 2.84. The van der Waals surface area contributed by atoms with E-state index in [0.717, 1.165) is 12.1 Å². The van der Waals surface area contributed by atoms with E-state index >= 15 is 0 Å². The lowest BCUT2D eigenvalue weighted by Gasteiger charge is -2.01. The molecule has 1 aromatic carbocycles. The molecule has 1 nitrogen and oxygen atoms in total. The normalized spacial score (nSPS) is 26.1. The molecule has 1 saturated carbocycles. The number of halogens is 1. The second kappa shape index (κ2) is 3.11. The largest absolute Gasteiger partial charge is 0.330 e. The number of benzene rings is 1. The van der Waals surface area contributed by atoms with E-state index in [9.17, 15) is 4.39 Å². The van der Waals surface area contributed by atoms with Crippen molar-refractivity contribution in [3.8, 4) is 0 Å². The minimum atomic E-state index is -0.117. The molecule has 0 saturated heterocycles. The van der Waals surface area contributed by atoms with Gasteiger partial charge in [0.15, 0.2) is 0 Å². The van der Waals surface area contributed by atoms with Gasteiger partial charge in [0.1, 0.15) is 5.82 Å². The van der Waals surface area contributed by atoms with Crippen molar-refractivity contribution in [2.75, 3.05) is 6.54 Å². The summed E-state index contributed by atoms with van der Waals surface area (Å²) in [5.74, 6) is 1.10. The van der Waals surface area contributed by atoms with E-state index in [1.54, 1.807) is 13.0 Å². The predicted octanol–water partition coefficient (Wildman–Crippen LogP) is 2.20. The second-order valence-corrected chi connectivity index (χ2v) is 3.85. The van der Waals surface area contributed by atoms with Gasteiger partial charge in [0.25, 0.3) is 0 Å². The molecule has 0 spiro atoms. The van der Waals surface area contributed by atoms with Crippen molar-refractivity contribution in [2.45, 2.75) is 19.3 Å². The minimum absolute atomic E-state index is 0.117. The molecule has 0 amide bonds. The highest BCUT2D eigenvalue weighted by molar-refractivity contribution is 5.30. The summed E-state index contributed by atoms with van der Waals surface area (Å²) in [7, 11) is 0. The molecule has 1 aromatic rings. The van der Waals surface area contributed by atoms with Gasteiger partial charge in [-0.15, -0.1) is 0 Å². The highest BCUT2D eigenvalue weighted by Crippen LogP contribution is 2.46. The lowest BCUT2D eigenvalue weighted by atomic mass is 10.1. The minimum Gasteiger partial charge on any atom is -0.330 e. The van der Waals surface area contributed by atoms with E-state index in [2.05, 4.69) is 0 Å². The summed E-state index contributed by atoms with van der Waals surface area (Å²) in [6.07, 6.45) is 1.17. The number of nitrogens with two attached hydrogens (primary N) is 1. The van der Waals surface area contributed by atoms with Crippen LogP contribution in [0.15, 0.2) is 18.2 Å². The van der Waals surface area contributed by atoms with Crippen molar-refractivity contribution in [3.63, 3.8) is 0 Å². The van der Waals surface area contributed by atoms with Crippen LogP contribution in [0.25, 0.3) is 0 Å². The Balaban J connectivity index is 2.19. The zero-order valence-corrected chi connectivity index (χ0v) is 7.76. The first kappa shape index (κ1) is 8.70. The summed E-state index contributed by atoms with van der Waals surface area (Å²) in [5, 5.41) is 0. The summed E-state index contributed by atoms with van der Waals surface area (Å²) in [5.41, 5.74) is 7.54. The van der Waals surface area contributed by atoms with Crippen LogP contribution in [0.2, 0.25) is 0 Å². The maximum Gasteiger partial charge on any atom is 0.126 e. The van der Waals surface area contributed by atoms with Crippen molar-refractivity contribution in [1.29, 1.82) is 0 Å². The van der Waals surface area contributed by atoms with Crippen LogP contribution in [0.5, 0.6) is 0 Å². The fraction of sp³-hybridized carbons (Fsp3) is 0.455. The number of hydrogen-bond donors (Lipinski definition) is 1. The lowest BCUT2D eigenvalue weighted by molar-refractivity contribution is 0.617. The van der Waals surface area contributed by atoms with Gasteiger partial charge < -0.3 is 5.73 Å². The first-order valence-corrected chi connectivity index (χ1v) is 4.68. The van der Waals surface area contributed by atoms with E-state index < -0.39 is 0 Å². The smallest absolute Gasteiger partial charge is 0.126 e. The molecule has 1 fully saturated rings. The maximum absolute atomic E-state index is 12.9. The fourth-order valence-corrected chi connectivity index (χ4v) is 1.81. The Hall–Kier alpha value is -0.890. The predicted molar refractivity (Wildman–Crippen MR) is 51.0 cm³/mol. The van der Waals surface area contributed by atoms with Gasteiger partial charge in [-0.25, -0.2) is 4.39 Å². The average molecular weight is 179 g/mol. The Kier molecular flexibility index (Phi) is 2.08. The van der Waals surface area contributed by atoms with Gasteiger partial charge in [0.05, 0.1) is 0 Å². The SMILES string of the molecule is Cc1cc(C2CC2CN)ccc1F. The molecule has 70 valence electrons. The quantitative estimate of drug-likeness (QED) is 0.740. The Labute approximate surface area is 77.8 Å². The molecule has 2 rings (SSSR count). The van der Waals surface area contributed by atoms with E-state index in [1.807, 2.05) is 12.1 Å². The van der Waals surface area contributed by atoms with Gasteiger partial charge in [-0.2, -0.15) is 0 Å². The standard InChI is InChI=1S/C11H14FN/c1-7-4-8(2-3-11(7)12)10-5-9(10)6-13/h2-4,9-10H,5-6,13H2,1H3. The van der Waals surface area contributed by atoms with Crippen molar-refractivity contribution < 1.29 is 4.39 Å². The highest BCUT2D eigenvalue weighted by atomic mass is 19.1. The van der Waals surface area contributed by atoms with E-state index in [-0.39, 0.29) is 5.82 Å². The summed E-state index contributed by atoms with van der Waals surface area (Å²) in [6.45, 7) is 2.56. The Bertz CT molecular complexity index is 322. The van der Waals surface area contributed by atoms with Gasteiger partial charge in [-0.3, -0.25) is 0 Å². The van der Waals surface area contributed by atoms with Crippen molar-refractivity contribution >= 4 is 0 Å². The third kappa shape index (κ3) is 1.59. The monoisotopic (exact) mass is 179 g/mol. The molecule has 13 heavy (non-hydrogen) atoms. The van der Waals surface area contributed by atoms with Crippen molar-refractivity contribution in [2.24, 2.45) is 11.7 Å². The Morgan fingerprint density at radius 2 is 2.31 bits per heavy atom. The van der Waals surface area contributed by atoms with Crippen LogP contribution >= 0.6 is 0 Å². The van der Waals surface area contributed by atoms with Crippen LogP contribution in [-0.4, -0.2) is 6.54 Å². The highest BCUT2D eigenvalue weighted by Gasteiger charge is 2.36. The second-order valence-electron chi connectivity index (χ2n) is 3.85. The molecule has 2 atom stereocenters. The van der Waals surface area contributed by atoms with Crippen molar-refractivity contribution in [1.82, 2.24) is 0 Å². The number of hydrogen-bond acceptors (Lipinski definition) is 1. The van der Waals surface area contributed by atoms with Gasteiger partial charge in [-0.05, 0) is 48.9 Å². The molecule has 2 heteroatoms. The molecule has 2 unspecified atom stereocenters. The van der Waals surface area contributed by atoms with Crippen LogP contribution in [0, 0.1) is 18.7 Å². The molecular weight excluding hydrogens is 165 g/mol. The van der Waals surface area contributed by atoms with E-state index in [1.165, 1.54) is 12.0 Å².